The Bertz CT molecular complexity index is 340. The van der Waals surface area contributed by atoms with E-state index < -0.39 is 0 Å². The average Bonchev–Trinajstić information content (AvgIpc) is 2.48. The summed E-state index contributed by atoms with van der Waals surface area (Å²) in [7, 11) is 0. The van der Waals surface area contributed by atoms with Crippen LogP contribution in [0.4, 0.5) is 0 Å². The van der Waals surface area contributed by atoms with Crippen molar-refractivity contribution in [2.75, 3.05) is 0 Å². The fraction of sp³-hybridized carbons (Fsp3) is 0.455. The molecule has 2 unspecified atom stereocenters. The zero-order valence-corrected chi connectivity index (χ0v) is 10.6. The molecule has 76 valence electrons. The summed E-state index contributed by atoms with van der Waals surface area (Å²) in [5.74, 6) is 0. The lowest BCUT2D eigenvalue weighted by atomic mass is 10.0. The molecule has 0 aromatic heterocycles. The second-order valence-corrected chi connectivity index (χ2v) is 5.73. The number of fused-ring (bicyclic) bond motifs is 1. The summed E-state index contributed by atoms with van der Waals surface area (Å²) in [5, 5.41) is 0.564. The summed E-state index contributed by atoms with van der Waals surface area (Å²) in [4.78, 5) is 1.35. The summed E-state index contributed by atoms with van der Waals surface area (Å²) < 4.78 is 1.19. The highest BCUT2D eigenvalue weighted by Gasteiger charge is 2.30. The highest BCUT2D eigenvalue weighted by atomic mass is 79.9. The molecule has 2 atom stereocenters. The first-order chi connectivity index (χ1) is 6.74. The lowest BCUT2D eigenvalue weighted by molar-refractivity contribution is 0.630. The summed E-state index contributed by atoms with van der Waals surface area (Å²) in [6, 6.07) is 6.52. The van der Waals surface area contributed by atoms with E-state index in [9.17, 15) is 0 Å². The largest absolute Gasteiger partial charge is 0.323 e. The Labute approximate surface area is 97.6 Å². The van der Waals surface area contributed by atoms with Crippen LogP contribution in [0.2, 0.25) is 0 Å². The number of nitrogens with two attached hydrogens (primary N) is 1. The molecule has 0 aliphatic carbocycles. The normalized spacial score (nSPS) is 25.1. The fourth-order valence-corrected chi connectivity index (χ4v) is 3.99. The molecule has 1 aromatic rings. The van der Waals surface area contributed by atoms with Crippen LogP contribution in [0.3, 0.4) is 0 Å². The van der Waals surface area contributed by atoms with Crippen LogP contribution in [0, 0.1) is 0 Å². The monoisotopic (exact) mass is 271 g/mol. The van der Waals surface area contributed by atoms with Crippen molar-refractivity contribution >= 4 is 27.7 Å². The van der Waals surface area contributed by atoms with E-state index in [1.807, 2.05) is 11.8 Å². The van der Waals surface area contributed by atoms with E-state index in [0.717, 1.165) is 0 Å². The van der Waals surface area contributed by atoms with Gasteiger partial charge in [0, 0.05) is 20.7 Å². The smallest absolute Gasteiger partial charge is 0.0430 e. The summed E-state index contributed by atoms with van der Waals surface area (Å²) in [6.07, 6.45) is 2.41. The van der Waals surface area contributed by atoms with Gasteiger partial charge in [-0.2, -0.15) is 0 Å². The quantitative estimate of drug-likeness (QED) is 0.887. The molecular formula is C11H14BrNS. The Morgan fingerprint density at radius 3 is 2.93 bits per heavy atom. The van der Waals surface area contributed by atoms with E-state index in [1.165, 1.54) is 27.8 Å². The lowest BCUT2D eigenvalue weighted by Crippen LogP contribution is -2.18. The van der Waals surface area contributed by atoms with Crippen LogP contribution in [0.25, 0.3) is 0 Å². The van der Waals surface area contributed by atoms with Crippen molar-refractivity contribution in [1.82, 2.24) is 0 Å². The number of hydrogen-bond donors (Lipinski definition) is 1. The van der Waals surface area contributed by atoms with Crippen LogP contribution >= 0.6 is 27.7 Å². The van der Waals surface area contributed by atoms with Crippen molar-refractivity contribution in [2.24, 2.45) is 5.73 Å². The average molecular weight is 272 g/mol. The third kappa shape index (κ3) is 1.73. The van der Waals surface area contributed by atoms with Gasteiger partial charge in [-0.05, 0) is 34.0 Å². The second kappa shape index (κ2) is 4.25. The van der Waals surface area contributed by atoms with Crippen molar-refractivity contribution in [3.63, 3.8) is 0 Å². The predicted octanol–water partition coefficient (Wildman–Crippen LogP) is 3.72. The van der Waals surface area contributed by atoms with Crippen molar-refractivity contribution in [3.8, 4) is 0 Å². The van der Waals surface area contributed by atoms with Gasteiger partial charge in [-0.15, -0.1) is 11.8 Å². The van der Waals surface area contributed by atoms with Crippen molar-refractivity contribution in [3.05, 3.63) is 28.2 Å². The first kappa shape index (κ1) is 10.5. The van der Waals surface area contributed by atoms with Crippen molar-refractivity contribution in [1.29, 1.82) is 0 Å². The Balaban J connectivity index is 2.30. The summed E-state index contributed by atoms with van der Waals surface area (Å²) in [5.41, 5.74) is 7.51. The minimum Gasteiger partial charge on any atom is -0.323 e. The molecule has 1 aromatic carbocycles. The first-order valence-electron chi connectivity index (χ1n) is 4.94. The van der Waals surface area contributed by atoms with Gasteiger partial charge < -0.3 is 5.73 Å². The van der Waals surface area contributed by atoms with Gasteiger partial charge in [0.15, 0.2) is 0 Å². The first-order valence-corrected chi connectivity index (χ1v) is 6.62. The van der Waals surface area contributed by atoms with Crippen LogP contribution in [0.15, 0.2) is 27.6 Å². The maximum absolute atomic E-state index is 6.20. The third-order valence-electron chi connectivity index (χ3n) is 2.60. The molecule has 3 heteroatoms. The second-order valence-electron chi connectivity index (χ2n) is 3.63. The number of halogens is 1. The standard InChI is InChI=1S/C11H14BrNS/c1-2-4-9-10(13)7-5-3-6-8(12)11(7)14-9/h3,5-6,9-10H,2,4,13H2,1H3. The van der Waals surface area contributed by atoms with E-state index in [0.29, 0.717) is 5.25 Å². The molecule has 2 rings (SSSR count). The van der Waals surface area contributed by atoms with Crippen LogP contribution in [0.5, 0.6) is 0 Å². The van der Waals surface area contributed by atoms with Gasteiger partial charge in [-0.25, -0.2) is 0 Å². The van der Waals surface area contributed by atoms with Crippen LogP contribution in [0.1, 0.15) is 31.4 Å². The van der Waals surface area contributed by atoms with Gasteiger partial charge in [-0.3, -0.25) is 0 Å². The van der Waals surface area contributed by atoms with Crippen LogP contribution in [-0.4, -0.2) is 5.25 Å². The zero-order chi connectivity index (χ0) is 10.1. The molecule has 1 aliphatic heterocycles. The molecule has 1 nitrogen and oxygen atoms in total. The molecule has 0 radical (unpaired) electrons. The molecular weight excluding hydrogens is 258 g/mol. The number of benzene rings is 1. The Morgan fingerprint density at radius 2 is 2.29 bits per heavy atom. The van der Waals surface area contributed by atoms with Gasteiger partial charge in [0.25, 0.3) is 0 Å². The molecule has 0 bridgehead atoms. The SMILES string of the molecule is CCCC1Sc2c(Br)cccc2C1N. The topological polar surface area (TPSA) is 26.0 Å². The molecule has 0 saturated heterocycles. The molecule has 2 N–H and O–H groups in total. The lowest BCUT2D eigenvalue weighted by Gasteiger charge is -2.13. The molecule has 1 aliphatic rings. The molecule has 0 spiro atoms. The minimum atomic E-state index is 0.215. The third-order valence-corrected chi connectivity index (χ3v) is 5.05. The number of rotatable bonds is 2. The summed E-state index contributed by atoms with van der Waals surface area (Å²) >= 11 is 5.50. The highest BCUT2D eigenvalue weighted by molar-refractivity contribution is 9.10. The Kier molecular flexibility index (Phi) is 3.20. The van der Waals surface area contributed by atoms with E-state index >= 15 is 0 Å². The van der Waals surface area contributed by atoms with Crippen molar-refractivity contribution < 1.29 is 0 Å². The zero-order valence-electron chi connectivity index (χ0n) is 8.16. The molecule has 0 saturated carbocycles. The van der Waals surface area contributed by atoms with Gasteiger partial charge in [0.1, 0.15) is 0 Å². The maximum atomic E-state index is 6.20. The molecule has 14 heavy (non-hydrogen) atoms. The van der Waals surface area contributed by atoms with E-state index in [4.69, 9.17) is 5.73 Å². The maximum Gasteiger partial charge on any atom is 0.0430 e. The number of thioether (sulfide) groups is 1. The fourth-order valence-electron chi connectivity index (χ4n) is 1.86. The predicted molar refractivity (Wildman–Crippen MR) is 65.6 cm³/mol. The van der Waals surface area contributed by atoms with E-state index in [2.05, 4.69) is 41.1 Å². The molecule has 1 heterocycles. The van der Waals surface area contributed by atoms with Crippen molar-refractivity contribution in [2.45, 2.75) is 36.0 Å². The Morgan fingerprint density at radius 1 is 1.50 bits per heavy atom. The van der Waals surface area contributed by atoms with Crippen LogP contribution < -0.4 is 5.73 Å². The molecule has 0 amide bonds. The highest BCUT2D eigenvalue weighted by Crippen LogP contribution is 2.47. The minimum absolute atomic E-state index is 0.215. The Hall–Kier alpha value is 0.01000. The van der Waals surface area contributed by atoms with Gasteiger partial charge in [0.05, 0.1) is 0 Å². The van der Waals surface area contributed by atoms with Gasteiger partial charge in [0.2, 0.25) is 0 Å². The van der Waals surface area contributed by atoms with Gasteiger partial charge >= 0.3 is 0 Å². The van der Waals surface area contributed by atoms with Gasteiger partial charge in [-0.1, -0.05) is 25.5 Å². The number of hydrogen-bond acceptors (Lipinski definition) is 2. The molecule has 0 fully saturated rings. The summed E-state index contributed by atoms with van der Waals surface area (Å²) in [6.45, 7) is 2.21. The van der Waals surface area contributed by atoms with E-state index in [1.54, 1.807) is 0 Å². The van der Waals surface area contributed by atoms with Crippen LogP contribution in [-0.2, 0) is 0 Å². The van der Waals surface area contributed by atoms with E-state index in [-0.39, 0.29) is 6.04 Å².